The monoisotopic (exact) mass is 543 g/mol. The molecular weight excluding hydrogens is 534 g/mol. The third-order valence-electron chi connectivity index (χ3n) is 3.82. The van der Waals surface area contributed by atoms with Crippen molar-refractivity contribution in [3.8, 4) is 0 Å². The minimum atomic E-state index is -0.681. The van der Waals surface area contributed by atoms with Gasteiger partial charge in [0.1, 0.15) is 0 Å². The molecule has 134 valence electrons. The smallest absolute Gasteiger partial charge is 0.319 e. The fourth-order valence-corrected chi connectivity index (χ4v) is 4.04. The zero-order valence-electron chi connectivity index (χ0n) is 13.1. The van der Waals surface area contributed by atoms with E-state index < -0.39 is 23.8 Å². The number of benzene rings is 2. The summed E-state index contributed by atoms with van der Waals surface area (Å²) in [5.74, 6) is -1.27. The predicted molar refractivity (Wildman–Crippen MR) is 109 cm³/mol. The van der Waals surface area contributed by atoms with Gasteiger partial charge in [-0.15, -0.1) is 0 Å². The SMILES string of the molecule is O=C(Nc1c(Br)ccc(Br)c1Br)NC1CC(=O)C(=O)Nc2ccccc21. The maximum Gasteiger partial charge on any atom is 0.319 e. The molecule has 3 amide bonds. The second-order valence-corrected chi connectivity index (χ2v) is 8.04. The van der Waals surface area contributed by atoms with Crippen molar-refractivity contribution in [2.75, 3.05) is 10.6 Å². The Morgan fingerprint density at radius 1 is 1.04 bits per heavy atom. The maximum atomic E-state index is 12.5. The van der Waals surface area contributed by atoms with Gasteiger partial charge >= 0.3 is 6.03 Å². The molecule has 26 heavy (non-hydrogen) atoms. The number of nitrogens with one attached hydrogen (secondary N) is 3. The molecule has 6 nitrogen and oxygen atoms in total. The van der Waals surface area contributed by atoms with E-state index in [2.05, 4.69) is 63.7 Å². The van der Waals surface area contributed by atoms with Gasteiger partial charge in [-0.05, 0) is 71.6 Å². The van der Waals surface area contributed by atoms with Crippen LogP contribution < -0.4 is 16.0 Å². The number of Topliss-reactive ketones (excluding diaryl/α,β-unsaturated/α-hetero) is 1. The van der Waals surface area contributed by atoms with Crippen molar-refractivity contribution < 1.29 is 14.4 Å². The molecule has 1 unspecified atom stereocenters. The third-order valence-corrected chi connectivity index (χ3v) is 6.49. The van der Waals surface area contributed by atoms with E-state index in [-0.39, 0.29) is 6.42 Å². The topological polar surface area (TPSA) is 87.3 Å². The molecule has 1 aliphatic heterocycles. The van der Waals surface area contributed by atoms with E-state index in [0.29, 0.717) is 25.9 Å². The number of urea groups is 1. The minimum Gasteiger partial charge on any atom is -0.331 e. The lowest BCUT2D eigenvalue weighted by Crippen LogP contribution is -2.34. The molecule has 3 N–H and O–H groups in total. The summed E-state index contributed by atoms with van der Waals surface area (Å²) < 4.78 is 2.15. The van der Waals surface area contributed by atoms with Crippen molar-refractivity contribution in [1.29, 1.82) is 0 Å². The number of fused-ring (bicyclic) bond motifs is 1. The lowest BCUT2D eigenvalue weighted by molar-refractivity contribution is -0.134. The molecule has 0 spiro atoms. The van der Waals surface area contributed by atoms with E-state index in [4.69, 9.17) is 0 Å². The zero-order valence-corrected chi connectivity index (χ0v) is 17.9. The van der Waals surface area contributed by atoms with Crippen molar-refractivity contribution in [3.05, 3.63) is 55.4 Å². The lowest BCUT2D eigenvalue weighted by Gasteiger charge is -2.19. The summed E-state index contributed by atoms with van der Waals surface area (Å²) in [5.41, 5.74) is 1.73. The molecule has 0 saturated carbocycles. The van der Waals surface area contributed by atoms with E-state index in [1.165, 1.54) is 0 Å². The Kier molecular flexibility index (Phi) is 5.79. The first-order valence-corrected chi connectivity index (χ1v) is 9.89. The minimum absolute atomic E-state index is 0.114. The second-order valence-electron chi connectivity index (χ2n) is 5.54. The van der Waals surface area contributed by atoms with Crippen molar-refractivity contribution in [2.45, 2.75) is 12.5 Å². The Hall–Kier alpha value is -1.71. The highest BCUT2D eigenvalue weighted by Crippen LogP contribution is 2.37. The molecule has 2 aromatic carbocycles. The lowest BCUT2D eigenvalue weighted by atomic mass is 10.0. The van der Waals surface area contributed by atoms with Gasteiger partial charge in [0.05, 0.1) is 16.2 Å². The van der Waals surface area contributed by atoms with E-state index in [1.807, 2.05) is 6.07 Å². The molecular formula is C17H12Br3N3O3. The summed E-state index contributed by atoms with van der Waals surface area (Å²) in [6, 6.07) is 9.50. The van der Waals surface area contributed by atoms with Gasteiger partial charge in [-0.1, -0.05) is 18.2 Å². The number of carbonyl (C=O) groups is 3. The summed E-state index contributed by atoms with van der Waals surface area (Å²) in [6.45, 7) is 0. The van der Waals surface area contributed by atoms with Gasteiger partial charge in [0.25, 0.3) is 5.91 Å². The van der Waals surface area contributed by atoms with Crippen LogP contribution in [0.2, 0.25) is 0 Å². The predicted octanol–water partition coefficient (Wildman–Crippen LogP) is 4.75. The van der Waals surface area contributed by atoms with E-state index >= 15 is 0 Å². The van der Waals surface area contributed by atoms with Gasteiger partial charge in [0.15, 0.2) is 0 Å². The summed E-state index contributed by atoms with van der Waals surface area (Å²) in [5, 5.41) is 8.09. The van der Waals surface area contributed by atoms with Gasteiger partial charge < -0.3 is 16.0 Å². The number of para-hydroxylation sites is 1. The van der Waals surface area contributed by atoms with Crippen LogP contribution in [-0.2, 0) is 9.59 Å². The fourth-order valence-electron chi connectivity index (χ4n) is 2.57. The van der Waals surface area contributed by atoms with Crippen LogP contribution in [0.4, 0.5) is 16.2 Å². The number of ketones is 1. The molecule has 0 bridgehead atoms. The Labute approximate surface area is 174 Å². The Bertz CT molecular complexity index is 917. The van der Waals surface area contributed by atoms with Crippen molar-refractivity contribution in [1.82, 2.24) is 5.32 Å². The van der Waals surface area contributed by atoms with Crippen molar-refractivity contribution in [2.24, 2.45) is 0 Å². The van der Waals surface area contributed by atoms with Crippen LogP contribution in [0.3, 0.4) is 0 Å². The standard InChI is InChI=1S/C17H12Br3N3O3/c18-9-5-6-10(19)15(14(9)20)23-17(26)22-12-7-13(24)16(25)21-11-4-2-1-3-8(11)12/h1-6,12H,7H2,(H,21,25)(H2,22,23,26). The highest BCUT2D eigenvalue weighted by atomic mass is 79.9. The quantitative estimate of drug-likeness (QED) is 0.376. The van der Waals surface area contributed by atoms with Crippen LogP contribution in [-0.4, -0.2) is 17.7 Å². The largest absolute Gasteiger partial charge is 0.331 e. The average molecular weight is 546 g/mol. The van der Waals surface area contributed by atoms with Gasteiger partial charge in [-0.25, -0.2) is 4.79 Å². The van der Waals surface area contributed by atoms with Gasteiger partial charge in [0.2, 0.25) is 5.78 Å². The first-order valence-electron chi connectivity index (χ1n) is 7.51. The molecule has 1 aliphatic rings. The molecule has 9 heteroatoms. The van der Waals surface area contributed by atoms with E-state index in [9.17, 15) is 14.4 Å². The normalized spacial score (nSPS) is 16.3. The summed E-state index contributed by atoms with van der Waals surface area (Å²) in [6.07, 6.45) is -0.114. The second kappa shape index (κ2) is 7.89. The molecule has 0 aliphatic carbocycles. The van der Waals surface area contributed by atoms with Crippen LogP contribution in [0.15, 0.2) is 49.8 Å². The molecule has 3 rings (SSSR count). The summed E-state index contributed by atoms with van der Waals surface area (Å²) >= 11 is 10.2. The van der Waals surface area contributed by atoms with Crippen LogP contribution in [0.1, 0.15) is 18.0 Å². The number of amides is 3. The van der Waals surface area contributed by atoms with E-state index in [0.717, 1.165) is 4.47 Å². The van der Waals surface area contributed by atoms with Crippen LogP contribution >= 0.6 is 47.8 Å². The molecule has 0 saturated heterocycles. The molecule has 1 atom stereocenters. The fraction of sp³-hybridized carbons (Fsp3) is 0.118. The number of halogens is 3. The summed E-state index contributed by atoms with van der Waals surface area (Å²) in [7, 11) is 0. The first kappa shape index (κ1) is 19.1. The third kappa shape index (κ3) is 3.99. The average Bonchev–Trinajstić information content (AvgIpc) is 2.72. The van der Waals surface area contributed by atoms with Crippen LogP contribution in [0, 0.1) is 0 Å². The number of hydrogen-bond acceptors (Lipinski definition) is 3. The van der Waals surface area contributed by atoms with Crippen molar-refractivity contribution in [3.63, 3.8) is 0 Å². The molecule has 0 radical (unpaired) electrons. The number of anilines is 2. The zero-order chi connectivity index (χ0) is 18.8. The highest BCUT2D eigenvalue weighted by molar-refractivity contribution is 9.13. The molecule has 2 aromatic rings. The first-order chi connectivity index (χ1) is 12.4. The number of hydrogen-bond donors (Lipinski definition) is 3. The van der Waals surface area contributed by atoms with Gasteiger partial charge in [-0.3, -0.25) is 9.59 Å². The van der Waals surface area contributed by atoms with Gasteiger partial charge in [-0.2, -0.15) is 0 Å². The van der Waals surface area contributed by atoms with Crippen LogP contribution in [0.5, 0.6) is 0 Å². The number of rotatable bonds is 2. The van der Waals surface area contributed by atoms with Crippen LogP contribution in [0.25, 0.3) is 0 Å². The van der Waals surface area contributed by atoms with Crippen molar-refractivity contribution >= 4 is 76.9 Å². The highest BCUT2D eigenvalue weighted by Gasteiger charge is 2.29. The maximum absolute atomic E-state index is 12.5. The van der Waals surface area contributed by atoms with Gasteiger partial charge in [0, 0.05) is 21.1 Å². The molecule has 0 aromatic heterocycles. The molecule has 1 heterocycles. The Morgan fingerprint density at radius 3 is 2.50 bits per heavy atom. The number of carbonyl (C=O) groups excluding carboxylic acids is 3. The van der Waals surface area contributed by atoms with E-state index in [1.54, 1.807) is 30.3 Å². The summed E-state index contributed by atoms with van der Waals surface area (Å²) in [4.78, 5) is 36.3. The Balaban J connectivity index is 1.84. The Morgan fingerprint density at radius 2 is 1.73 bits per heavy atom. The molecule has 0 fully saturated rings.